The van der Waals surface area contributed by atoms with Gasteiger partial charge in [-0.25, -0.2) is 9.59 Å². The maximum Gasteiger partial charge on any atom is 0.337 e. The smallest absolute Gasteiger partial charge is 0.337 e. The Bertz CT molecular complexity index is 981. The lowest BCUT2D eigenvalue weighted by atomic mass is 9.94. The quantitative estimate of drug-likeness (QED) is 0.554. The second-order valence-corrected chi connectivity index (χ2v) is 6.58. The van der Waals surface area contributed by atoms with E-state index in [2.05, 4.69) is 11.9 Å². The Hall–Kier alpha value is -3.74. The lowest BCUT2D eigenvalue weighted by molar-refractivity contribution is -0.136. The van der Waals surface area contributed by atoms with Gasteiger partial charge in [0.05, 0.1) is 31.5 Å². The zero-order chi connectivity index (χ0) is 21.7. The van der Waals surface area contributed by atoms with Crippen molar-refractivity contribution in [3.8, 4) is 11.5 Å². The number of amides is 2. The molecule has 1 atom stereocenters. The van der Waals surface area contributed by atoms with Gasteiger partial charge in [0.25, 0.3) is 0 Å². The minimum atomic E-state index is -0.674. The van der Waals surface area contributed by atoms with Crippen LogP contribution in [0, 0.1) is 0 Å². The molecule has 0 unspecified atom stereocenters. The van der Waals surface area contributed by atoms with Crippen LogP contribution < -0.4 is 19.7 Å². The molecule has 0 aliphatic carbocycles. The summed E-state index contributed by atoms with van der Waals surface area (Å²) in [6, 6.07) is 13.2. The van der Waals surface area contributed by atoms with Crippen molar-refractivity contribution < 1.29 is 23.8 Å². The molecule has 30 heavy (non-hydrogen) atoms. The molecule has 1 N–H and O–H groups in total. The number of carbonyl (C=O) groups is 2. The summed E-state index contributed by atoms with van der Waals surface area (Å²) in [5.41, 5.74) is 2.14. The van der Waals surface area contributed by atoms with Gasteiger partial charge in [0.2, 0.25) is 0 Å². The van der Waals surface area contributed by atoms with E-state index in [1.807, 2.05) is 6.07 Å². The number of nitrogens with one attached hydrogen (secondary N) is 1. The molecule has 1 heterocycles. The summed E-state index contributed by atoms with van der Waals surface area (Å²) in [5, 5.41) is 2.91. The average Bonchev–Trinajstić information content (AvgIpc) is 2.77. The molecule has 156 valence electrons. The standard InChI is InChI=1S/C23H24N2O5/c1-5-13-30-19-8-6-7-16(14-19)21-20(22(26)29-4)15(2)25(23(27)24-21)17-9-11-18(28-3)12-10-17/h5-12,14,21H,1,13H2,2-4H3,(H,24,27)/t21-/m0/s1. The SMILES string of the molecule is C=CCOc1cccc([C@@H]2NC(=O)N(c3ccc(OC)cc3)C(C)=C2C(=O)OC)c1. The first-order valence-corrected chi connectivity index (χ1v) is 9.37. The van der Waals surface area contributed by atoms with Gasteiger partial charge in [0.15, 0.2) is 0 Å². The van der Waals surface area contributed by atoms with E-state index in [1.54, 1.807) is 62.6 Å². The van der Waals surface area contributed by atoms with Gasteiger partial charge in [0.1, 0.15) is 18.1 Å². The lowest BCUT2D eigenvalue weighted by Gasteiger charge is -2.35. The average molecular weight is 408 g/mol. The van der Waals surface area contributed by atoms with Crippen LogP contribution in [0.1, 0.15) is 18.5 Å². The predicted molar refractivity (Wildman–Crippen MR) is 114 cm³/mol. The monoisotopic (exact) mass is 408 g/mol. The van der Waals surface area contributed by atoms with Crippen molar-refractivity contribution in [2.75, 3.05) is 25.7 Å². The van der Waals surface area contributed by atoms with Crippen LogP contribution in [0.5, 0.6) is 11.5 Å². The third-order valence-corrected chi connectivity index (χ3v) is 4.78. The third kappa shape index (κ3) is 4.15. The fourth-order valence-corrected chi connectivity index (χ4v) is 3.35. The minimum Gasteiger partial charge on any atom is -0.497 e. The molecule has 2 aromatic rings. The highest BCUT2D eigenvalue weighted by atomic mass is 16.5. The topological polar surface area (TPSA) is 77.1 Å². The van der Waals surface area contributed by atoms with E-state index in [0.29, 0.717) is 40.6 Å². The van der Waals surface area contributed by atoms with Gasteiger partial charge in [-0.05, 0) is 48.9 Å². The van der Waals surface area contributed by atoms with E-state index in [0.717, 1.165) is 0 Å². The van der Waals surface area contributed by atoms with Gasteiger partial charge < -0.3 is 19.5 Å². The molecular weight excluding hydrogens is 384 g/mol. The van der Waals surface area contributed by atoms with Gasteiger partial charge in [-0.2, -0.15) is 0 Å². The fourth-order valence-electron chi connectivity index (χ4n) is 3.35. The highest BCUT2D eigenvalue weighted by molar-refractivity contribution is 6.03. The number of methoxy groups -OCH3 is 2. The van der Waals surface area contributed by atoms with E-state index in [1.165, 1.54) is 12.0 Å². The van der Waals surface area contributed by atoms with Crippen LogP contribution in [0.4, 0.5) is 10.5 Å². The zero-order valence-corrected chi connectivity index (χ0v) is 17.2. The molecule has 2 aromatic carbocycles. The third-order valence-electron chi connectivity index (χ3n) is 4.78. The Balaban J connectivity index is 2.05. The van der Waals surface area contributed by atoms with Crippen molar-refractivity contribution >= 4 is 17.7 Å². The van der Waals surface area contributed by atoms with Crippen LogP contribution in [0.15, 0.2) is 72.5 Å². The van der Waals surface area contributed by atoms with Gasteiger partial charge in [-0.15, -0.1) is 0 Å². The summed E-state index contributed by atoms with van der Waals surface area (Å²) in [7, 11) is 2.89. The number of urea groups is 1. The van der Waals surface area contributed by atoms with Gasteiger partial charge in [-0.3, -0.25) is 4.90 Å². The number of carbonyl (C=O) groups excluding carboxylic acids is 2. The number of esters is 1. The molecule has 2 amide bonds. The second-order valence-electron chi connectivity index (χ2n) is 6.58. The van der Waals surface area contributed by atoms with E-state index in [-0.39, 0.29) is 6.03 Å². The van der Waals surface area contributed by atoms with Crippen LogP contribution in [-0.4, -0.2) is 32.8 Å². The molecule has 0 bridgehead atoms. The molecule has 1 aliphatic rings. The molecule has 0 radical (unpaired) electrons. The molecule has 0 fully saturated rings. The summed E-state index contributed by atoms with van der Waals surface area (Å²) in [6.07, 6.45) is 1.64. The number of benzene rings is 2. The molecule has 0 aromatic heterocycles. The highest BCUT2D eigenvalue weighted by Crippen LogP contribution is 2.35. The largest absolute Gasteiger partial charge is 0.497 e. The summed E-state index contributed by atoms with van der Waals surface area (Å²) < 4.78 is 15.8. The van der Waals surface area contributed by atoms with Crippen molar-refractivity contribution in [2.45, 2.75) is 13.0 Å². The number of rotatable bonds is 7. The van der Waals surface area contributed by atoms with E-state index < -0.39 is 12.0 Å². The molecule has 0 saturated carbocycles. The number of hydrogen-bond donors (Lipinski definition) is 1. The molecular formula is C23H24N2O5. The number of ether oxygens (including phenoxy) is 3. The fraction of sp³-hybridized carbons (Fsp3) is 0.217. The number of anilines is 1. The van der Waals surface area contributed by atoms with Crippen LogP contribution in [-0.2, 0) is 9.53 Å². The Morgan fingerprint density at radius 1 is 1.17 bits per heavy atom. The summed E-state index contributed by atoms with van der Waals surface area (Å²) in [5.74, 6) is 0.759. The maximum atomic E-state index is 13.0. The molecule has 3 rings (SSSR count). The van der Waals surface area contributed by atoms with Crippen LogP contribution in [0.3, 0.4) is 0 Å². The first-order chi connectivity index (χ1) is 14.5. The van der Waals surface area contributed by atoms with E-state index in [9.17, 15) is 9.59 Å². The number of nitrogens with zero attached hydrogens (tertiary/aromatic N) is 1. The Kier molecular flexibility index (Phi) is 6.41. The summed E-state index contributed by atoms with van der Waals surface area (Å²) in [4.78, 5) is 27.1. The Labute approximate surface area is 175 Å². The lowest BCUT2D eigenvalue weighted by Crippen LogP contribution is -2.48. The normalized spacial score (nSPS) is 16.0. The highest BCUT2D eigenvalue weighted by Gasteiger charge is 2.37. The van der Waals surface area contributed by atoms with Crippen LogP contribution in [0.25, 0.3) is 0 Å². The van der Waals surface area contributed by atoms with Gasteiger partial charge >= 0.3 is 12.0 Å². The number of hydrogen-bond acceptors (Lipinski definition) is 5. The van der Waals surface area contributed by atoms with Gasteiger partial charge in [0, 0.05) is 5.70 Å². The summed E-state index contributed by atoms with van der Waals surface area (Å²) in [6.45, 7) is 5.71. The molecule has 1 aliphatic heterocycles. The Morgan fingerprint density at radius 3 is 2.53 bits per heavy atom. The van der Waals surface area contributed by atoms with E-state index >= 15 is 0 Å². The molecule has 0 saturated heterocycles. The molecule has 0 spiro atoms. The zero-order valence-electron chi connectivity index (χ0n) is 17.2. The van der Waals surface area contributed by atoms with Crippen molar-refractivity contribution in [1.82, 2.24) is 5.32 Å². The second kappa shape index (κ2) is 9.17. The Morgan fingerprint density at radius 2 is 1.90 bits per heavy atom. The molecule has 7 nitrogen and oxygen atoms in total. The van der Waals surface area contributed by atoms with Crippen LogP contribution >= 0.6 is 0 Å². The van der Waals surface area contributed by atoms with Crippen molar-refractivity contribution in [2.24, 2.45) is 0 Å². The van der Waals surface area contributed by atoms with Crippen molar-refractivity contribution in [3.63, 3.8) is 0 Å². The number of allylic oxidation sites excluding steroid dienone is 1. The van der Waals surface area contributed by atoms with E-state index in [4.69, 9.17) is 14.2 Å². The summed E-state index contributed by atoms with van der Waals surface area (Å²) >= 11 is 0. The van der Waals surface area contributed by atoms with Crippen molar-refractivity contribution in [3.05, 3.63) is 78.0 Å². The maximum absolute atomic E-state index is 13.0. The van der Waals surface area contributed by atoms with Crippen molar-refractivity contribution in [1.29, 1.82) is 0 Å². The predicted octanol–water partition coefficient (Wildman–Crippen LogP) is 3.98. The minimum absolute atomic E-state index is 0.341. The van der Waals surface area contributed by atoms with Gasteiger partial charge in [-0.1, -0.05) is 24.8 Å². The van der Waals surface area contributed by atoms with Crippen LogP contribution in [0.2, 0.25) is 0 Å². The molecule has 7 heteroatoms. The first kappa shape index (κ1) is 21.0. The first-order valence-electron chi connectivity index (χ1n) is 9.37.